The van der Waals surface area contributed by atoms with Crippen molar-refractivity contribution in [1.29, 1.82) is 0 Å². The van der Waals surface area contributed by atoms with Crippen molar-refractivity contribution in [1.82, 2.24) is 4.98 Å². The summed E-state index contributed by atoms with van der Waals surface area (Å²) in [6, 6.07) is 10.2. The molecule has 108 valence electrons. The van der Waals surface area contributed by atoms with Crippen LogP contribution in [0.3, 0.4) is 0 Å². The number of ether oxygens (including phenoxy) is 1. The minimum atomic E-state index is 0.148. The van der Waals surface area contributed by atoms with Gasteiger partial charge in [-0.3, -0.25) is 0 Å². The van der Waals surface area contributed by atoms with Gasteiger partial charge in [-0.25, -0.2) is 4.98 Å². The van der Waals surface area contributed by atoms with Gasteiger partial charge in [0.1, 0.15) is 11.3 Å². The number of hydrogen-bond donors (Lipinski definition) is 1. The molecule has 1 aromatic heterocycles. The molecule has 3 heteroatoms. The van der Waals surface area contributed by atoms with Crippen molar-refractivity contribution in [2.45, 2.75) is 33.6 Å². The normalized spacial score (nSPS) is 11.8. The molecule has 0 aliphatic heterocycles. The Morgan fingerprint density at radius 2 is 1.90 bits per heavy atom. The number of thiol groups is 1. The third kappa shape index (κ3) is 3.09. The molecule has 0 atom stereocenters. The number of benzene rings is 1. The monoisotopic (exact) mass is 289 g/mol. The van der Waals surface area contributed by atoms with Gasteiger partial charge in [-0.15, -0.1) is 0 Å². The van der Waals surface area contributed by atoms with Gasteiger partial charge in [-0.2, -0.15) is 12.6 Å². The zero-order valence-electron chi connectivity index (χ0n) is 12.5. The van der Waals surface area contributed by atoms with Gasteiger partial charge in [0, 0.05) is 16.5 Å². The summed E-state index contributed by atoms with van der Waals surface area (Å²) in [6.07, 6.45) is 2.15. The van der Waals surface area contributed by atoms with Crippen molar-refractivity contribution in [3.05, 3.63) is 36.0 Å². The smallest absolute Gasteiger partial charge is 0.145 e. The summed E-state index contributed by atoms with van der Waals surface area (Å²) in [6.45, 7) is 7.10. The average molecular weight is 289 g/mol. The van der Waals surface area contributed by atoms with E-state index in [0.717, 1.165) is 40.9 Å². The van der Waals surface area contributed by atoms with Crippen LogP contribution in [0.2, 0.25) is 0 Å². The highest BCUT2D eigenvalue weighted by molar-refractivity contribution is 7.80. The number of nitrogens with zero attached hydrogens (tertiary/aromatic N) is 1. The number of rotatable bonds is 6. The second-order valence-electron chi connectivity index (χ2n) is 5.43. The molecule has 0 bridgehead atoms. The van der Waals surface area contributed by atoms with E-state index in [4.69, 9.17) is 4.74 Å². The first-order valence-electron chi connectivity index (χ1n) is 7.24. The summed E-state index contributed by atoms with van der Waals surface area (Å²) in [5.74, 6) is 1.72. The Hall–Kier alpha value is -1.22. The van der Waals surface area contributed by atoms with E-state index in [0.29, 0.717) is 6.61 Å². The Labute approximate surface area is 127 Å². The third-order valence-corrected chi connectivity index (χ3v) is 4.86. The lowest BCUT2D eigenvalue weighted by Gasteiger charge is -2.29. The van der Waals surface area contributed by atoms with Crippen LogP contribution in [0.5, 0.6) is 5.75 Å². The molecule has 0 saturated carbocycles. The van der Waals surface area contributed by atoms with Crippen molar-refractivity contribution < 1.29 is 4.74 Å². The van der Waals surface area contributed by atoms with Crippen molar-refractivity contribution in [3.8, 4) is 5.75 Å². The summed E-state index contributed by atoms with van der Waals surface area (Å²) >= 11 is 4.50. The van der Waals surface area contributed by atoms with Crippen molar-refractivity contribution in [2.24, 2.45) is 5.41 Å². The first-order valence-corrected chi connectivity index (χ1v) is 7.87. The molecule has 0 spiro atoms. The maximum absolute atomic E-state index is 6.10. The summed E-state index contributed by atoms with van der Waals surface area (Å²) in [4.78, 5) is 4.61. The van der Waals surface area contributed by atoms with Gasteiger partial charge >= 0.3 is 0 Å². The van der Waals surface area contributed by atoms with Gasteiger partial charge in [-0.05, 0) is 37.7 Å². The van der Waals surface area contributed by atoms with Crippen molar-refractivity contribution >= 4 is 23.5 Å². The van der Waals surface area contributed by atoms with E-state index in [1.807, 2.05) is 25.1 Å². The average Bonchev–Trinajstić information content (AvgIpc) is 2.49. The Balaban J connectivity index is 2.28. The molecule has 2 rings (SSSR count). The van der Waals surface area contributed by atoms with Gasteiger partial charge in [-0.1, -0.05) is 32.0 Å². The second-order valence-corrected chi connectivity index (χ2v) is 5.75. The highest BCUT2D eigenvalue weighted by Gasteiger charge is 2.25. The zero-order chi connectivity index (χ0) is 14.6. The van der Waals surface area contributed by atoms with Crippen LogP contribution in [0.15, 0.2) is 30.3 Å². The topological polar surface area (TPSA) is 22.1 Å². The largest absolute Gasteiger partial charge is 0.491 e. The Morgan fingerprint density at radius 1 is 1.15 bits per heavy atom. The number of para-hydroxylation sites is 1. The fraction of sp³-hybridized carbons (Fsp3) is 0.471. The van der Waals surface area contributed by atoms with E-state index in [2.05, 4.69) is 43.6 Å². The van der Waals surface area contributed by atoms with Crippen molar-refractivity contribution in [2.75, 3.05) is 12.4 Å². The molecule has 2 nitrogen and oxygen atoms in total. The Bertz CT molecular complexity index is 570. The van der Waals surface area contributed by atoms with Gasteiger partial charge in [0.05, 0.1) is 6.61 Å². The molecule has 0 aliphatic rings. The second kappa shape index (κ2) is 6.49. The fourth-order valence-electron chi connectivity index (χ4n) is 2.29. The molecule has 0 saturated heterocycles. The maximum atomic E-state index is 6.10. The van der Waals surface area contributed by atoms with Crippen LogP contribution in [-0.2, 0) is 0 Å². The lowest BCUT2D eigenvalue weighted by molar-refractivity contribution is 0.158. The van der Waals surface area contributed by atoms with E-state index in [-0.39, 0.29) is 5.41 Å². The number of aromatic nitrogens is 1. The number of pyridine rings is 1. The molecule has 0 unspecified atom stereocenters. The molecule has 0 N–H and O–H groups in total. The van der Waals surface area contributed by atoms with Crippen LogP contribution >= 0.6 is 12.6 Å². The summed E-state index contributed by atoms with van der Waals surface area (Å²) in [5, 5.41) is 1.12. The molecule has 0 radical (unpaired) electrons. The van der Waals surface area contributed by atoms with Gasteiger partial charge in [0.15, 0.2) is 0 Å². The number of hydrogen-bond acceptors (Lipinski definition) is 3. The molecule has 0 aliphatic carbocycles. The lowest BCUT2D eigenvalue weighted by atomic mass is 9.85. The lowest BCUT2D eigenvalue weighted by Crippen LogP contribution is -2.29. The molecular formula is C17H23NOS. The first-order chi connectivity index (χ1) is 9.64. The highest BCUT2D eigenvalue weighted by atomic mass is 32.1. The predicted molar refractivity (Wildman–Crippen MR) is 88.8 cm³/mol. The summed E-state index contributed by atoms with van der Waals surface area (Å²) < 4.78 is 6.10. The molecule has 1 heterocycles. The number of aryl methyl sites for hydroxylation is 1. The molecule has 0 fully saturated rings. The van der Waals surface area contributed by atoms with E-state index in [1.165, 1.54) is 0 Å². The SMILES string of the molecule is CCC(CC)(CS)COc1cccc2ccc(C)nc12. The Kier molecular flexibility index (Phi) is 4.92. The third-order valence-electron chi connectivity index (χ3n) is 4.19. The quantitative estimate of drug-likeness (QED) is 0.781. The molecular weight excluding hydrogens is 266 g/mol. The maximum Gasteiger partial charge on any atom is 0.145 e. The van der Waals surface area contributed by atoms with E-state index in [1.54, 1.807) is 0 Å². The molecule has 1 aromatic carbocycles. The number of fused-ring (bicyclic) bond motifs is 1. The van der Waals surface area contributed by atoms with Crippen molar-refractivity contribution in [3.63, 3.8) is 0 Å². The zero-order valence-corrected chi connectivity index (χ0v) is 13.4. The standard InChI is InChI=1S/C17H23NOS/c1-4-17(5-2,12-20)11-19-15-8-6-7-14-10-9-13(3)18-16(14)15/h6-10,20H,4-5,11-12H2,1-3H3. The van der Waals surface area contributed by atoms with Crippen LogP contribution in [-0.4, -0.2) is 17.3 Å². The van der Waals surface area contributed by atoms with Gasteiger partial charge in [0.25, 0.3) is 0 Å². The van der Waals surface area contributed by atoms with Crippen LogP contribution in [0.1, 0.15) is 32.4 Å². The van der Waals surface area contributed by atoms with E-state index >= 15 is 0 Å². The van der Waals surface area contributed by atoms with Crippen LogP contribution < -0.4 is 4.74 Å². The molecule has 20 heavy (non-hydrogen) atoms. The van der Waals surface area contributed by atoms with E-state index in [9.17, 15) is 0 Å². The Morgan fingerprint density at radius 3 is 2.55 bits per heavy atom. The summed E-state index contributed by atoms with van der Waals surface area (Å²) in [5.41, 5.74) is 2.11. The highest BCUT2D eigenvalue weighted by Crippen LogP contribution is 2.31. The van der Waals surface area contributed by atoms with Crippen LogP contribution in [0.25, 0.3) is 10.9 Å². The molecule has 2 aromatic rings. The minimum absolute atomic E-state index is 0.148. The van der Waals surface area contributed by atoms with Gasteiger partial charge < -0.3 is 4.74 Å². The fourth-order valence-corrected chi connectivity index (χ4v) is 2.83. The predicted octanol–water partition coefficient (Wildman–Crippen LogP) is 4.66. The molecule has 0 amide bonds. The van der Waals surface area contributed by atoms with Crippen LogP contribution in [0, 0.1) is 12.3 Å². The summed E-state index contributed by atoms with van der Waals surface area (Å²) in [7, 11) is 0. The van der Waals surface area contributed by atoms with Crippen LogP contribution in [0.4, 0.5) is 0 Å². The van der Waals surface area contributed by atoms with E-state index < -0.39 is 0 Å². The first kappa shape index (κ1) is 15.2. The minimum Gasteiger partial charge on any atom is -0.491 e. The van der Waals surface area contributed by atoms with Gasteiger partial charge in [0.2, 0.25) is 0 Å².